The molecule has 0 radical (unpaired) electrons. The quantitative estimate of drug-likeness (QED) is 0.0537. The molecule has 0 spiro atoms. The van der Waals surface area contributed by atoms with E-state index >= 15 is 0 Å². The van der Waals surface area contributed by atoms with Crippen LogP contribution in [0.4, 0.5) is 5.13 Å². The number of hydrogen-bond donors (Lipinski definition) is 3. The molecule has 19 heteroatoms. The Morgan fingerprint density at radius 2 is 1.84 bits per heavy atom. The number of rotatable bonds is 12. The smallest absolute Gasteiger partial charge is 0.352 e. The summed E-state index contributed by atoms with van der Waals surface area (Å²) in [6, 6.07) is 7.66. The first kappa shape index (κ1) is 34.5. The second kappa shape index (κ2) is 14.5. The molecule has 2 aliphatic rings. The number of ether oxygens (including phenoxy) is 2. The molecule has 5 rings (SSSR count). The Morgan fingerprint density at radius 1 is 1.14 bits per heavy atom. The Morgan fingerprint density at radius 3 is 2.45 bits per heavy atom. The number of benzene rings is 1. The molecule has 0 saturated carbocycles. The second-order valence-electron chi connectivity index (χ2n) is 10.4. The van der Waals surface area contributed by atoms with E-state index in [1.807, 2.05) is 0 Å². The number of nitrogens with zero attached hydrogens (tertiary/aromatic N) is 4. The highest BCUT2D eigenvalue weighted by Gasteiger charge is 2.53. The van der Waals surface area contributed by atoms with Crippen molar-refractivity contribution in [3.63, 3.8) is 0 Å². The van der Waals surface area contributed by atoms with Crippen molar-refractivity contribution in [2.75, 3.05) is 11.5 Å². The molecule has 2 amide bonds. The standard InChI is InChI=1S/C30H26N6O11S2/c1-14(37)45-19-7-6-16(10-20(19)46-15(2)38)24(29(43)44)47-34-21(18-13-49-30(31)32-18)25(39)33-22-26(40)36-23(28(41)42)17(12-48-27(22)36)11-35-8-4-3-5-9-35/h3-10,13,22,24,27H,11-12H2,1-2H3,(H4-,31,32,33,39,41,42,43,44)/t22-,24+,27-/m1/s1. The minimum absolute atomic E-state index is 0.0404. The van der Waals surface area contributed by atoms with Gasteiger partial charge in [0.15, 0.2) is 41.3 Å². The van der Waals surface area contributed by atoms with Crippen molar-refractivity contribution in [3.8, 4) is 11.5 Å². The fourth-order valence-corrected chi connectivity index (χ4v) is 6.76. The molecule has 254 valence electrons. The largest absolute Gasteiger partial charge is 0.543 e. The van der Waals surface area contributed by atoms with E-state index in [-0.39, 0.29) is 45.9 Å². The van der Waals surface area contributed by atoms with Crippen LogP contribution in [0.5, 0.6) is 11.5 Å². The molecule has 1 fully saturated rings. The molecule has 2 aliphatic heterocycles. The number of anilines is 1. The SMILES string of the molecule is CC(=O)Oc1ccc([C@H](ON=C(C(=O)N[C@@H]2C(=O)N3C(C(=O)[O-])=C(C[n+]4ccccc4)CS[C@H]23)c2csc(N)n2)C(=O)O)cc1OC(C)=O. The molecule has 4 N–H and O–H groups in total. The van der Waals surface area contributed by atoms with Crippen LogP contribution in [-0.2, 0) is 40.1 Å². The molecule has 49 heavy (non-hydrogen) atoms. The van der Waals surface area contributed by atoms with E-state index in [1.54, 1.807) is 35.2 Å². The minimum atomic E-state index is -1.88. The van der Waals surface area contributed by atoms with Gasteiger partial charge in [-0.1, -0.05) is 17.3 Å². The molecule has 2 aromatic heterocycles. The minimum Gasteiger partial charge on any atom is -0.543 e. The average molecular weight is 711 g/mol. The fraction of sp³-hybridized carbons (Fsp3) is 0.233. The van der Waals surface area contributed by atoms with Gasteiger partial charge in [-0.3, -0.25) is 24.1 Å². The molecule has 1 saturated heterocycles. The normalized spacial score (nSPS) is 17.7. The zero-order valence-electron chi connectivity index (χ0n) is 25.6. The van der Waals surface area contributed by atoms with Gasteiger partial charge < -0.3 is 40.4 Å². The number of carboxylic acid groups (broad SMARTS) is 2. The number of hydrogen-bond acceptors (Lipinski definition) is 15. The third kappa shape index (κ3) is 7.68. The first-order chi connectivity index (χ1) is 23.3. The van der Waals surface area contributed by atoms with Crippen molar-refractivity contribution in [2.45, 2.75) is 37.9 Å². The number of carboxylic acids is 2. The van der Waals surface area contributed by atoms with Gasteiger partial charge in [-0.15, -0.1) is 23.1 Å². The Balaban J connectivity index is 1.39. The van der Waals surface area contributed by atoms with Gasteiger partial charge in [-0.05, 0) is 12.1 Å². The highest BCUT2D eigenvalue weighted by Crippen LogP contribution is 2.40. The number of esters is 2. The van der Waals surface area contributed by atoms with Gasteiger partial charge in [0, 0.05) is 48.2 Å². The van der Waals surface area contributed by atoms with Gasteiger partial charge in [0.05, 0.1) is 11.7 Å². The number of fused-ring (bicyclic) bond motifs is 1. The molecule has 3 atom stereocenters. The van der Waals surface area contributed by atoms with Crippen molar-refractivity contribution in [1.82, 2.24) is 15.2 Å². The Kier molecular flexibility index (Phi) is 10.2. The van der Waals surface area contributed by atoms with Crippen molar-refractivity contribution in [3.05, 3.63) is 76.7 Å². The number of thioether (sulfide) groups is 1. The van der Waals surface area contributed by atoms with Gasteiger partial charge in [-0.2, -0.15) is 0 Å². The molecular weight excluding hydrogens is 684 g/mol. The van der Waals surface area contributed by atoms with E-state index in [9.17, 15) is 39.0 Å². The number of nitrogen functional groups attached to an aromatic ring is 1. The lowest BCUT2D eigenvalue weighted by Gasteiger charge is -2.50. The van der Waals surface area contributed by atoms with Crippen LogP contribution in [0.1, 0.15) is 31.2 Å². The number of carbonyl (C=O) groups excluding carboxylic acids is 5. The van der Waals surface area contributed by atoms with Crippen molar-refractivity contribution in [2.24, 2.45) is 5.16 Å². The number of nitrogens with one attached hydrogen (secondary N) is 1. The molecule has 1 aromatic carbocycles. The van der Waals surface area contributed by atoms with Crippen LogP contribution in [0.2, 0.25) is 0 Å². The number of thiazole rings is 1. The average Bonchev–Trinajstić information content (AvgIpc) is 3.47. The van der Waals surface area contributed by atoms with Gasteiger partial charge in [0.1, 0.15) is 17.1 Å². The third-order valence-corrected chi connectivity index (χ3v) is 8.92. The summed E-state index contributed by atoms with van der Waals surface area (Å²) in [7, 11) is 0. The van der Waals surface area contributed by atoms with Crippen molar-refractivity contribution in [1.29, 1.82) is 0 Å². The number of carbonyl (C=O) groups is 6. The van der Waals surface area contributed by atoms with Gasteiger partial charge in [0.25, 0.3) is 11.8 Å². The van der Waals surface area contributed by atoms with Gasteiger partial charge >= 0.3 is 17.9 Å². The first-order valence-electron chi connectivity index (χ1n) is 14.2. The summed E-state index contributed by atoms with van der Waals surface area (Å²) in [6.45, 7) is 2.40. The number of aromatic nitrogens is 2. The maximum absolute atomic E-state index is 13.6. The molecule has 0 bridgehead atoms. The van der Waals surface area contributed by atoms with Gasteiger partial charge in [-0.25, -0.2) is 14.3 Å². The van der Waals surface area contributed by atoms with E-state index in [1.165, 1.54) is 29.3 Å². The van der Waals surface area contributed by atoms with E-state index in [0.29, 0.717) is 5.57 Å². The van der Waals surface area contributed by atoms with E-state index in [0.717, 1.165) is 36.2 Å². The highest BCUT2D eigenvalue weighted by atomic mass is 32.2. The molecule has 4 heterocycles. The topological polar surface area (TPSA) is 244 Å². The maximum atomic E-state index is 13.6. The zero-order chi connectivity index (χ0) is 35.4. The van der Waals surface area contributed by atoms with Crippen LogP contribution in [0, 0.1) is 0 Å². The zero-order valence-corrected chi connectivity index (χ0v) is 27.2. The predicted octanol–water partition coefficient (Wildman–Crippen LogP) is -0.486. The van der Waals surface area contributed by atoms with Crippen LogP contribution in [0.15, 0.2) is 70.6 Å². The number of oxime groups is 1. The lowest BCUT2D eigenvalue weighted by Crippen LogP contribution is -2.71. The maximum Gasteiger partial charge on any atom is 0.352 e. The summed E-state index contributed by atoms with van der Waals surface area (Å²) in [5.41, 5.74) is 5.16. The lowest BCUT2D eigenvalue weighted by atomic mass is 10.0. The van der Waals surface area contributed by atoms with Gasteiger partial charge in [0.2, 0.25) is 6.10 Å². The van der Waals surface area contributed by atoms with Crippen molar-refractivity contribution >= 4 is 69.6 Å². The summed E-state index contributed by atoms with van der Waals surface area (Å²) in [4.78, 5) is 84.7. The Labute approximate surface area is 284 Å². The lowest BCUT2D eigenvalue weighted by molar-refractivity contribution is -0.689. The van der Waals surface area contributed by atoms with Crippen LogP contribution in [0.25, 0.3) is 0 Å². The summed E-state index contributed by atoms with van der Waals surface area (Å²) in [6.07, 6.45) is 1.61. The van der Waals surface area contributed by atoms with E-state index < -0.39 is 58.9 Å². The van der Waals surface area contributed by atoms with Crippen LogP contribution >= 0.6 is 23.1 Å². The first-order valence-corrected chi connectivity index (χ1v) is 16.1. The number of β-lactam (4-membered cyclic amide) rings is 1. The van der Waals surface area contributed by atoms with E-state index in [2.05, 4.69) is 15.5 Å². The molecule has 3 aromatic rings. The summed E-state index contributed by atoms with van der Waals surface area (Å²) >= 11 is 2.18. The monoisotopic (exact) mass is 710 g/mol. The van der Waals surface area contributed by atoms with Crippen molar-refractivity contribution < 1.29 is 57.9 Å². The van der Waals surface area contributed by atoms with Crippen LogP contribution in [0.3, 0.4) is 0 Å². The fourth-order valence-electron chi connectivity index (χ4n) is 4.88. The molecular formula is C30H26N6O11S2. The van der Waals surface area contributed by atoms with Crippen LogP contribution < -0.4 is 30.2 Å². The number of pyridine rings is 1. The predicted molar refractivity (Wildman–Crippen MR) is 167 cm³/mol. The summed E-state index contributed by atoms with van der Waals surface area (Å²) in [5, 5.41) is 29.0. The van der Waals surface area contributed by atoms with E-state index in [4.69, 9.17) is 20.0 Å². The molecule has 17 nitrogen and oxygen atoms in total. The number of amides is 2. The molecule has 0 aliphatic carbocycles. The highest BCUT2D eigenvalue weighted by molar-refractivity contribution is 8.00. The summed E-state index contributed by atoms with van der Waals surface area (Å²) in [5.74, 6) is -6.55. The summed E-state index contributed by atoms with van der Waals surface area (Å²) < 4.78 is 11.8. The Bertz CT molecular complexity index is 1910. The Hall–Kier alpha value is -5.82. The third-order valence-electron chi connectivity index (χ3n) is 6.91. The van der Waals surface area contributed by atoms with Crippen LogP contribution in [-0.4, -0.2) is 73.6 Å². The second-order valence-corrected chi connectivity index (χ2v) is 12.4. The number of nitrogens with two attached hydrogens (primary N) is 1. The molecule has 0 unspecified atom stereocenters. The number of aliphatic carboxylic acids is 2.